The number of rotatable bonds is 5. The van der Waals surface area contributed by atoms with Gasteiger partial charge in [-0.2, -0.15) is 5.10 Å². The van der Waals surface area contributed by atoms with E-state index < -0.39 is 0 Å². The molecule has 0 spiro atoms. The van der Waals surface area contributed by atoms with Crippen molar-refractivity contribution < 1.29 is 5.11 Å². The van der Waals surface area contributed by atoms with Crippen LogP contribution in [0.4, 0.5) is 0 Å². The van der Waals surface area contributed by atoms with Crippen molar-refractivity contribution in [3.8, 4) is 0 Å². The van der Waals surface area contributed by atoms with Crippen LogP contribution >= 0.6 is 0 Å². The van der Waals surface area contributed by atoms with Crippen LogP contribution in [-0.4, -0.2) is 14.9 Å². The van der Waals surface area contributed by atoms with Gasteiger partial charge in [0.25, 0.3) is 0 Å². The fraction of sp³-hybridized carbons (Fsp3) is 0.769. The van der Waals surface area contributed by atoms with Crippen LogP contribution in [0.3, 0.4) is 0 Å². The monoisotopic (exact) mass is 222 g/mol. The van der Waals surface area contributed by atoms with Crippen LogP contribution in [0.25, 0.3) is 0 Å². The Balaban J connectivity index is 1.96. The smallest absolute Gasteiger partial charge is 0.0959 e. The van der Waals surface area contributed by atoms with E-state index in [-0.39, 0.29) is 6.10 Å². The third kappa shape index (κ3) is 2.64. The van der Waals surface area contributed by atoms with Crippen LogP contribution in [0, 0.1) is 5.92 Å². The molecule has 1 heterocycles. The number of hydrogen-bond donors (Lipinski definition) is 1. The van der Waals surface area contributed by atoms with E-state index in [0.717, 1.165) is 31.0 Å². The molecule has 1 unspecified atom stereocenters. The van der Waals surface area contributed by atoms with E-state index >= 15 is 0 Å². The van der Waals surface area contributed by atoms with E-state index in [1.165, 1.54) is 25.7 Å². The Kier molecular flexibility index (Phi) is 3.99. The molecule has 1 aromatic heterocycles. The van der Waals surface area contributed by atoms with Gasteiger partial charge in [-0.15, -0.1) is 0 Å². The van der Waals surface area contributed by atoms with Gasteiger partial charge in [-0.25, -0.2) is 0 Å². The molecule has 1 saturated carbocycles. The number of aliphatic hydroxyl groups excluding tert-OH is 1. The molecule has 1 N–H and O–H groups in total. The van der Waals surface area contributed by atoms with Crippen molar-refractivity contribution >= 4 is 0 Å². The van der Waals surface area contributed by atoms with Gasteiger partial charge in [-0.3, -0.25) is 4.68 Å². The molecule has 0 saturated heterocycles. The summed E-state index contributed by atoms with van der Waals surface area (Å²) < 4.78 is 1.94. The fourth-order valence-corrected chi connectivity index (χ4v) is 2.71. The van der Waals surface area contributed by atoms with Crippen molar-refractivity contribution in [1.82, 2.24) is 9.78 Å². The molecule has 2 rings (SSSR count). The molecule has 0 bridgehead atoms. The molecule has 0 radical (unpaired) electrons. The van der Waals surface area contributed by atoms with Crippen LogP contribution in [0.15, 0.2) is 12.3 Å². The van der Waals surface area contributed by atoms with Gasteiger partial charge in [0.05, 0.1) is 11.8 Å². The largest absolute Gasteiger partial charge is 0.387 e. The molecular weight excluding hydrogens is 200 g/mol. The minimum absolute atomic E-state index is 0.322. The summed E-state index contributed by atoms with van der Waals surface area (Å²) in [6.07, 6.45) is 8.70. The first-order valence-electron chi connectivity index (χ1n) is 6.51. The van der Waals surface area contributed by atoms with Crippen molar-refractivity contribution in [1.29, 1.82) is 0 Å². The third-order valence-electron chi connectivity index (χ3n) is 3.56. The standard InChI is InChI=1S/C13H22N2O/c1-2-9-15-12(7-8-14-15)13(16)10-11-5-3-4-6-11/h7-8,11,13,16H,2-6,9-10H2,1H3. The molecule has 1 atom stereocenters. The first-order chi connectivity index (χ1) is 7.81. The lowest BCUT2D eigenvalue weighted by molar-refractivity contribution is 0.134. The molecule has 1 aliphatic carbocycles. The highest BCUT2D eigenvalue weighted by molar-refractivity contribution is 5.04. The summed E-state index contributed by atoms with van der Waals surface area (Å²) in [5.74, 6) is 0.722. The quantitative estimate of drug-likeness (QED) is 0.831. The molecule has 3 nitrogen and oxygen atoms in total. The lowest BCUT2D eigenvalue weighted by atomic mass is 9.98. The molecule has 0 aliphatic heterocycles. The Labute approximate surface area is 97.5 Å². The molecule has 0 amide bonds. The van der Waals surface area contributed by atoms with Crippen molar-refractivity contribution in [2.24, 2.45) is 5.92 Å². The molecule has 3 heteroatoms. The average molecular weight is 222 g/mol. The zero-order valence-corrected chi connectivity index (χ0v) is 10.1. The normalized spacial score (nSPS) is 19.1. The van der Waals surface area contributed by atoms with Crippen molar-refractivity contribution in [3.63, 3.8) is 0 Å². The van der Waals surface area contributed by atoms with Crippen LogP contribution < -0.4 is 0 Å². The summed E-state index contributed by atoms with van der Waals surface area (Å²) >= 11 is 0. The van der Waals surface area contributed by atoms with Crippen LogP contribution in [-0.2, 0) is 6.54 Å². The van der Waals surface area contributed by atoms with Gasteiger partial charge in [-0.1, -0.05) is 32.6 Å². The number of hydrogen-bond acceptors (Lipinski definition) is 2. The van der Waals surface area contributed by atoms with Crippen LogP contribution in [0.2, 0.25) is 0 Å². The predicted molar refractivity (Wildman–Crippen MR) is 64.1 cm³/mol. The molecule has 1 fully saturated rings. The van der Waals surface area contributed by atoms with Gasteiger partial charge in [-0.05, 0) is 24.8 Å². The molecule has 90 valence electrons. The SMILES string of the molecule is CCCn1nccc1C(O)CC1CCCC1. The second kappa shape index (κ2) is 5.48. The first kappa shape index (κ1) is 11.6. The molecular formula is C13H22N2O. The molecule has 1 aromatic rings. The summed E-state index contributed by atoms with van der Waals surface area (Å²) in [6.45, 7) is 3.04. The van der Waals surface area contributed by atoms with Crippen molar-refractivity contribution in [2.75, 3.05) is 0 Å². The maximum Gasteiger partial charge on any atom is 0.0959 e. The van der Waals surface area contributed by atoms with Gasteiger partial charge >= 0.3 is 0 Å². The minimum Gasteiger partial charge on any atom is -0.387 e. The summed E-state index contributed by atoms with van der Waals surface area (Å²) in [7, 11) is 0. The maximum absolute atomic E-state index is 10.2. The number of aromatic nitrogens is 2. The Morgan fingerprint density at radius 2 is 2.25 bits per heavy atom. The summed E-state index contributed by atoms with van der Waals surface area (Å²) in [4.78, 5) is 0. The summed E-state index contributed by atoms with van der Waals surface area (Å²) in [5, 5.41) is 14.5. The van der Waals surface area contributed by atoms with E-state index in [0.29, 0.717) is 0 Å². The van der Waals surface area contributed by atoms with Crippen molar-refractivity contribution in [2.45, 2.75) is 58.1 Å². The van der Waals surface area contributed by atoms with Gasteiger partial charge < -0.3 is 5.11 Å². The number of aliphatic hydroxyl groups is 1. The second-order valence-electron chi connectivity index (χ2n) is 4.88. The Hall–Kier alpha value is -0.830. The molecule has 16 heavy (non-hydrogen) atoms. The number of nitrogens with zero attached hydrogens (tertiary/aromatic N) is 2. The topological polar surface area (TPSA) is 38.0 Å². The first-order valence-corrected chi connectivity index (χ1v) is 6.51. The Bertz CT molecular complexity index is 315. The Morgan fingerprint density at radius 1 is 1.50 bits per heavy atom. The van der Waals surface area contributed by atoms with E-state index in [1.807, 2.05) is 10.7 Å². The zero-order valence-electron chi connectivity index (χ0n) is 10.1. The van der Waals surface area contributed by atoms with E-state index in [9.17, 15) is 5.11 Å². The Morgan fingerprint density at radius 3 is 2.94 bits per heavy atom. The maximum atomic E-state index is 10.2. The molecule has 0 aromatic carbocycles. The highest BCUT2D eigenvalue weighted by Crippen LogP contribution is 2.32. The lowest BCUT2D eigenvalue weighted by Gasteiger charge is -2.16. The lowest BCUT2D eigenvalue weighted by Crippen LogP contribution is -2.11. The van der Waals surface area contributed by atoms with E-state index in [1.54, 1.807) is 6.20 Å². The van der Waals surface area contributed by atoms with Gasteiger partial charge in [0.1, 0.15) is 0 Å². The highest BCUT2D eigenvalue weighted by atomic mass is 16.3. The highest BCUT2D eigenvalue weighted by Gasteiger charge is 2.21. The van der Waals surface area contributed by atoms with Gasteiger partial charge in [0, 0.05) is 12.7 Å². The van der Waals surface area contributed by atoms with Crippen molar-refractivity contribution in [3.05, 3.63) is 18.0 Å². The van der Waals surface area contributed by atoms with Gasteiger partial charge in [0.2, 0.25) is 0 Å². The molecule has 1 aliphatic rings. The zero-order chi connectivity index (χ0) is 11.4. The van der Waals surface area contributed by atoms with Crippen LogP contribution in [0.1, 0.15) is 57.2 Å². The van der Waals surface area contributed by atoms with Crippen LogP contribution in [0.5, 0.6) is 0 Å². The average Bonchev–Trinajstić information content (AvgIpc) is 2.89. The van der Waals surface area contributed by atoms with Gasteiger partial charge in [0.15, 0.2) is 0 Å². The summed E-state index contributed by atoms with van der Waals surface area (Å²) in [6, 6.07) is 1.95. The predicted octanol–water partition coefficient (Wildman–Crippen LogP) is 2.91. The third-order valence-corrected chi connectivity index (χ3v) is 3.56. The van der Waals surface area contributed by atoms with E-state index in [4.69, 9.17) is 0 Å². The van der Waals surface area contributed by atoms with E-state index in [2.05, 4.69) is 12.0 Å². The minimum atomic E-state index is -0.322. The second-order valence-corrected chi connectivity index (χ2v) is 4.88. The fourth-order valence-electron chi connectivity index (χ4n) is 2.71. The number of aryl methyl sites for hydroxylation is 1. The summed E-state index contributed by atoms with van der Waals surface area (Å²) in [5.41, 5.74) is 0.994.